The highest BCUT2D eigenvalue weighted by Crippen LogP contribution is 2.26. The van der Waals surface area contributed by atoms with Gasteiger partial charge in [0, 0.05) is 26.4 Å². The fourth-order valence-electron chi connectivity index (χ4n) is 2.43. The third kappa shape index (κ3) is 4.60. The van der Waals surface area contributed by atoms with Crippen LogP contribution in [0.25, 0.3) is 0 Å². The molecule has 1 saturated heterocycles. The summed E-state index contributed by atoms with van der Waals surface area (Å²) in [5, 5.41) is 4.98. The predicted molar refractivity (Wildman–Crippen MR) is 76.3 cm³/mol. The second-order valence-corrected chi connectivity index (χ2v) is 5.05. The summed E-state index contributed by atoms with van der Waals surface area (Å²) in [6.07, 6.45) is 2.13. The smallest absolute Gasteiger partial charge is 0.407 e. The summed E-state index contributed by atoms with van der Waals surface area (Å²) in [6.45, 7) is 2.49. The van der Waals surface area contributed by atoms with Gasteiger partial charge in [0.25, 0.3) is 0 Å². The fourth-order valence-corrected chi connectivity index (χ4v) is 2.43. The van der Waals surface area contributed by atoms with Crippen LogP contribution in [0.1, 0.15) is 19.8 Å². The van der Waals surface area contributed by atoms with Crippen LogP contribution in [0, 0.1) is 0 Å². The Bertz CT molecular complexity index is 428. The van der Waals surface area contributed by atoms with Crippen molar-refractivity contribution >= 4 is 12.2 Å². The molecule has 0 aromatic heterocycles. The standard InChI is InChI=1S/C14H22N2O6/c1-3-16-14(18)22-10-5-4-9(21-13(17)15-2)6-11-12(7-10)20-8-19-11/h4-5,9-12H,3,6-8H2,1-2H3,(H,15,17)(H,16,18)/b5-4+. The van der Waals surface area contributed by atoms with E-state index in [4.69, 9.17) is 18.9 Å². The molecule has 8 nitrogen and oxygen atoms in total. The fraction of sp³-hybridized carbons (Fsp3) is 0.714. The molecule has 0 radical (unpaired) electrons. The topological polar surface area (TPSA) is 95.1 Å². The largest absolute Gasteiger partial charge is 0.442 e. The number of carbonyl (C=O) groups excluding carboxylic acids is 2. The molecular formula is C14H22N2O6. The summed E-state index contributed by atoms with van der Waals surface area (Å²) in [5.74, 6) is 0. The van der Waals surface area contributed by atoms with Crippen LogP contribution in [0.2, 0.25) is 0 Å². The van der Waals surface area contributed by atoms with E-state index in [1.165, 1.54) is 7.05 Å². The van der Waals surface area contributed by atoms with Crippen LogP contribution in [0.5, 0.6) is 0 Å². The Morgan fingerprint density at radius 3 is 2.14 bits per heavy atom. The lowest BCUT2D eigenvalue weighted by molar-refractivity contribution is 0.0269. The van der Waals surface area contributed by atoms with Crippen molar-refractivity contribution < 1.29 is 28.5 Å². The molecule has 0 aromatic rings. The quantitative estimate of drug-likeness (QED) is 0.752. The van der Waals surface area contributed by atoms with Gasteiger partial charge in [0.05, 0.1) is 12.2 Å². The number of ether oxygens (including phenoxy) is 4. The maximum Gasteiger partial charge on any atom is 0.407 e. The Labute approximate surface area is 129 Å². The molecule has 0 saturated carbocycles. The molecule has 1 aliphatic heterocycles. The third-order valence-electron chi connectivity index (χ3n) is 3.49. The zero-order valence-electron chi connectivity index (χ0n) is 12.7. The van der Waals surface area contributed by atoms with Gasteiger partial charge in [-0.1, -0.05) is 0 Å². The normalized spacial score (nSPS) is 32.1. The molecule has 1 fully saturated rings. The van der Waals surface area contributed by atoms with Crippen LogP contribution in [0.3, 0.4) is 0 Å². The molecule has 0 bridgehead atoms. The van der Waals surface area contributed by atoms with Crippen molar-refractivity contribution in [2.45, 2.75) is 44.2 Å². The Hall–Kier alpha value is -1.80. The van der Waals surface area contributed by atoms with E-state index in [2.05, 4.69) is 10.6 Å². The number of hydrogen-bond donors (Lipinski definition) is 2. The molecule has 2 amide bonds. The molecule has 4 unspecified atom stereocenters. The lowest BCUT2D eigenvalue weighted by Gasteiger charge is -2.26. The van der Waals surface area contributed by atoms with E-state index in [1.54, 1.807) is 12.2 Å². The summed E-state index contributed by atoms with van der Waals surface area (Å²) < 4.78 is 21.6. The summed E-state index contributed by atoms with van der Waals surface area (Å²) in [6, 6.07) is 0. The highest BCUT2D eigenvalue weighted by atomic mass is 16.7. The van der Waals surface area contributed by atoms with E-state index < -0.39 is 24.4 Å². The Morgan fingerprint density at radius 2 is 1.64 bits per heavy atom. The van der Waals surface area contributed by atoms with Crippen LogP contribution in [0.4, 0.5) is 9.59 Å². The molecule has 2 rings (SSSR count). The number of alkyl carbamates (subject to hydrolysis) is 2. The molecule has 0 aromatic carbocycles. The minimum Gasteiger partial charge on any atom is -0.442 e. The molecule has 1 aliphatic carbocycles. The van der Waals surface area contributed by atoms with Gasteiger partial charge in [0.2, 0.25) is 0 Å². The number of rotatable bonds is 3. The highest BCUT2D eigenvalue weighted by Gasteiger charge is 2.36. The van der Waals surface area contributed by atoms with Gasteiger partial charge >= 0.3 is 12.2 Å². The van der Waals surface area contributed by atoms with Gasteiger partial charge in [0.1, 0.15) is 19.0 Å². The van der Waals surface area contributed by atoms with E-state index in [0.717, 1.165) is 0 Å². The minimum absolute atomic E-state index is 0.190. The van der Waals surface area contributed by atoms with Crippen molar-refractivity contribution in [2.75, 3.05) is 20.4 Å². The predicted octanol–water partition coefficient (Wildman–Crippen LogP) is 0.917. The lowest BCUT2D eigenvalue weighted by Crippen LogP contribution is -2.37. The van der Waals surface area contributed by atoms with Crippen LogP contribution < -0.4 is 10.6 Å². The Morgan fingerprint density at radius 1 is 1.09 bits per heavy atom. The maximum absolute atomic E-state index is 11.6. The second-order valence-electron chi connectivity index (χ2n) is 5.05. The van der Waals surface area contributed by atoms with E-state index in [9.17, 15) is 9.59 Å². The maximum atomic E-state index is 11.6. The molecule has 8 heteroatoms. The van der Waals surface area contributed by atoms with Gasteiger partial charge in [-0.15, -0.1) is 0 Å². The summed E-state index contributed by atoms with van der Waals surface area (Å²) in [4.78, 5) is 23.0. The third-order valence-corrected chi connectivity index (χ3v) is 3.49. The first-order valence-electron chi connectivity index (χ1n) is 7.36. The molecule has 1 heterocycles. The first-order chi connectivity index (χ1) is 10.6. The van der Waals surface area contributed by atoms with Crippen molar-refractivity contribution in [3.8, 4) is 0 Å². The van der Waals surface area contributed by atoms with Crippen LogP contribution in [-0.2, 0) is 18.9 Å². The van der Waals surface area contributed by atoms with E-state index in [-0.39, 0.29) is 19.0 Å². The summed E-state index contributed by atoms with van der Waals surface area (Å²) in [5.41, 5.74) is 0. The van der Waals surface area contributed by atoms with Crippen LogP contribution in [0.15, 0.2) is 12.2 Å². The SMILES string of the molecule is CCNC(=O)OC1/C=C/C(OC(=O)NC)CC2OCOC2C1. The van der Waals surface area contributed by atoms with Gasteiger partial charge < -0.3 is 29.6 Å². The number of hydrogen-bond acceptors (Lipinski definition) is 6. The summed E-state index contributed by atoms with van der Waals surface area (Å²) >= 11 is 0. The molecule has 4 atom stereocenters. The van der Waals surface area contributed by atoms with Crippen molar-refractivity contribution in [3.63, 3.8) is 0 Å². The van der Waals surface area contributed by atoms with Crippen molar-refractivity contribution in [2.24, 2.45) is 0 Å². The van der Waals surface area contributed by atoms with Gasteiger partial charge in [0.15, 0.2) is 0 Å². The Balaban J connectivity index is 2.04. The van der Waals surface area contributed by atoms with E-state index >= 15 is 0 Å². The molecule has 2 N–H and O–H groups in total. The average molecular weight is 314 g/mol. The molecule has 0 spiro atoms. The first-order valence-corrected chi connectivity index (χ1v) is 7.36. The number of amides is 2. The monoisotopic (exact) mass is 314 g/mol. The van der Waals surface area contributed by atoms with Crippen LogP contribution in [-0.4, -0.2) is 57.0 Å². The van der Waals surface area contributed by atoms with Crippen LogP contribution >= 0.6 is 0 Å². The number of carbonyl (C=O) groups is 2. The lowest BCUT2D eigenvalue weighted by atomic mass is 9.97. The molecule has 124 valence electrons. The average Bonchev–Trinajstić information content (AvgIpc) is 2.89. The van der Waals surface area contributed by atoms with Crippen molar-refractivity contribution in [3.05, 3.63) is 12.2 Å². The Kier molecular flexibility index (Phi) is 6.02. The van der Waals surface area contributed by atoms with E-state index in [1.807, 2.05) is 6.92 Å². The zero-order valence-corrected chi connectivity index (χ0v) is 12.7. The zero-order chi connectivity index (χ0) is 15.9. The van der Waals surface area contributed by atoms with Crippen molar-refractivity contribution in [1.82, 2.24) is 10.6 Å². The summed E-state index contributed by atoms with van der Waals surface area (Å²) in [7, 11) is 1.49. The van der Waals surface area contributed by atoms with Gasteiger partial charge in [-0.2, -0.15) is 0 Å². The van der Waals surface area contributed by atoms with E-state index in [0.29, 0.717) is 19.4 Å². The molecule has 2 aliphatic rings. The van der Waals surface area contributed by atoms with Crippen molar-refractivity contribution in [1.29, 1.82) is 0 Å². The second kappa shape index (κ2) is 8.00. The van der Waals surface area contributed by atoms with Gasteiger partial charge in [-0.3, -0.25) is 0 Å². The number of fused-ring (bicyclic) bond motifs is 1. The first kappa shape index (κ1) is 16.6. The minimum atomic E-state index is -0.521. The molecular weight excluding hydrogens is 292 g/mol. The number of nitrogens with one attached hydrogen (secondary N) is 2. The van der Waals surface area contributed by atoms with Gasteiger partial charge in [-0.05, 0) is 19.1 Å². The highest BCUT2D eigenvalue weighted by molar-refractivity contribution is 5.67. The van der Waals surface area contributed by atoms with Gasteiger partial charge in [-0.25, -0.2) is 9.59 Å². The molecule has 22 heavy (non-hydrogen) atoms.